The standard InChI is InChI=1S/C12H19N3/c1-2-3-4-5-6-7-11(13)12-8-9-14-10-15-12/h2,8-11H,1,3-7,13H2. The maximum atomic E-state index is 6.00. The lowest BCUT2D eigenvalue weighted by atomic mass is 10.1. The van der Waals surface area contributed by atoms with Crippen molar-refractivity contribution in [2.45, 2.75) is 38.1 Å². The molecule has 0 aliphatic heterocycles. The van der Waals surface area contributed by atoms with Crippen molar-refractivity contribution in [3.8, 4) is 0 Å². The summed E-state index contributed by atoms with van der Waals surface area (Å²) >= 11 is 0. The summed E-state index contributed by atoms with van der Waals surface area (Å²) in [7, 11) is 0. The first kappa shape index (κ1) is 11.9. The van der Waals surface area contributed by atoms with Gasteiger partial charge in [0.05, 0.1) is 5.69 Å². The van der Waals surface area contributed by atoms with Gasteiger partial charge in [-0.2, -0.15) is 0 Å². The molecule has 1 heterocycles. The molecule has 0 amide bonds. The maximum Gasteiger partial charge on any atom is 0.115 e. The van der Waals surface area contributed by atoms with Crippen molar-refractivity contribution >= 4 is 0 Å². The minimum absolute atomic E-state index is 0.0525. The molecule has 0 saturated heterocycles. The van der Waals surface area contributed by atoms with Crippen molar-refractivity contribution in [1.29, 1.82) is 0 Å². The largest absolute Gasteiger partial charge is 0.323 e. The molecule has 1 aromatic rings. The van der Waals surface area contributed by atoms with Crippen molar-refractivity contribution < 1.29 is 0 Å². The summed E-state index contributed by atoms with van der Waals surface area (Å²) in [5.74, 6) is 0. The quantitative estimate of drug-likeness (QED) is 0.550. The molecule has 82 valence electrons. The van der Waals surface area contributed by atoms with E-state index in [1.54, 1.807) is 12.5 Å². The lowest BCUT2D eigenvalue weighted by molar-refractivity contribution is 0.562. The Morgan fingerprint density at radius 2 is 2.27 bits per heavy atom. The zero-order chi connectivity index (χ0) is 10.9. The molecule has 1 atom stereocenters. The van der Waals surface area contributed by atoms with Crippen molar-refractivity contribution in [1.82, 2.24) is 9.97 Å². The smallest absolute Gasteiger partial charge is 0.115 e. The molecule has 1 unspecified atom stereocenters. The zero-order valence-corrected chi connectivity index (χ0v) is 9.10. The summed E-state index contributed by atoms with van der Waals surface area (Å²) in [6.45, 7) is 3.70. The van der Waals surface area contributed by atoms with Crippen LogP contribution >= 0.6 is 0 Å². The third-order valence-electron chi connectivity index (χ3n) is 2.41. The average Bonchev–Trinajstić information content (AvgIpc) is 2.30. The third-order valence-corrected chi connectivity index (χ3v) is 2.41. The Kier molecular flexibility index (Phi) is 5.63. The van der Waals surface area contributed by atoms with Gasteiger partial charge in [-0.05, 0) is 25.3 Å². The number of hydrogen-bond donors (Lipinski definition) is 1. The third kappa shape index (κ3) is 4.70. The van der Waals surface area contributed by atoms with E-state index in [0.717, 1.165) is 25.0 Å². The van der Waals surface area contributed by atoms with Gasteiger partial charge in [0.1, 0.15) is 6.33 Å². The highest BCUT2D eigenvalue weighted by atomic mass is 14.8. The van der Waals surface area contributed by atoms with E-state index >= 15 is 0 Å². The van der Waals surface area contributed by atoms with Gasteiger partial charge in [-0.15, -0.1) is 6.58 Å². The highest BCUT2D eigenvalue weighted by Gasteiger charge is 2.05. The van der Waals surface area contributed by atoms with Gasteiger partial charge in [0, 0.05) is 12.2 Å². The van der Waals surface area contributed by atoms with E-state index in [1.165, 1.54) is 12.8 Å². The Bertz CT molecular complexity index is 271. The van der Waals surface area contributed by atoms with Crippen LogP contribution in [0.1, 0.15) is 43.8 Å². The first-order valence-corrected chi connectivity index (χ1v) is 5.47. The number of nitrogens with zero attached hydrogens (tertiary/aromatic N) is 2. The summed E-state index contributed by atoms with van der Waals surface area (Å²) in [6.07, 6.45) is 10.9. The van der Waals surface area contributed by atoms with Crippen molar-refractivity contribution in [2.24, 2.45) is 5.73 Å². The monoisotopic (exact) mass is 205 g/mol. The van der Waals surface area contributed by atoms with Crippen LogP contribution in [-0.2, 0) is 0 Å². The average molecular weight is 205 g/mol. The van der Waals surface area contributed by atoms with Gasteiger partial charge in [0.25, 0.3) is 0 Å². The van der Waals surface area contributed by atoms with Crippen LogP contribution in [0, 0.1) is 0 Å². The normalized spacial score (nSPS) is 12.3. The second-order valence-electron chi connectivity index (χ2n) is 3.67. The van der Waals surface area contributed by atoms with Gasteiger partial charge < -0.3 is 5.73 Å². The molecule has 0 aliphatic carbocycles. The van der Waals surface area contributed by atoms with Gasteiger partial charge in [-0.3, -0.25) is 0 Å². The number of allylic oxidation sites excluding steroid dienone is 1. The summed E-state index contributed by atoms with van der Waals surface area (Å²) < 4.78 is 0. The Morgan fingerprint density at radius 3 is 2.93 bits per heavy atom. The van der Waals surface area contributed by atoms with Crippen molar-refractivity contribution in [2.75, 3.05) is 0 Å². The maximum absolute atomic E-state index is 6.00. The first-order chi connectivity index (χ1) is 7.34. The molecule has 0 bridgehead atoms. The lowest BCUT2D eigenvalue weighted by Crippen LogP contribution is -2.11. The fourth-order valence-corrected chi connectivity index (χ4v) is 1.50. The molecule has 0 aliphatic rings. The van der Waals surface area contributed by atoms with E-state index in [9.17, 15) is 0 Å². The van der Waals surface area contributed by atoms with E-state index in [1.807, 2.05) is 12.1 Å². The van der Waals surface area contributed by atoms with Crippen LogP contribution in [0.15, 0.2) is 31.2 Å². The zero-order valence-electron chi connectivity index (χ0n) is 9.10. The fourth-order valence-electron chi connectivity index (χ4n) is 1.50. The Balaban J connectivity index is 2.19. The summed E-state index contributed by atoms with van der Waals surface area (Å²) in [5, 5.41) is 0. The van der Waals surface area contributed by atoms with Crippen LogP contribution in [0.5, 0.6) is 0 Å². The number of hydrogen-bond acceptors (Lipinski definition) is 3. The van der Waals surface area contributed by atoms with E-state index < -0.39 is 0 Å². The Morgan fingerprint density at radius 1 is 1.40 bits per heavy atom. The summed E-state index contributed by atoms with van der Waals surface area (Å²) in [6, 6.07) is 1.94. The van der Waals surface area contributed by atoms with Crippen LogP contribution < -0.4 is 5.73 Å². The van der Waals surface area contributed by atoms with Crippen LogP contribution in [-0.4, -0.2) is 9.97 Å². The molecular weight excluding hydrogens is 186 g/mol. The second kappa shape index (κ2) is 7.12. The molecule has 3 heteroatoms. The number of rotatable bonds is 7. The molecule has 3 nitrogen and oxygen atoms in total. The predicted molar refractivity (Wildman–Crippen MR) is 62.2 cm³/mol. The number of unbranched alkanes of at least 4 members (excludes halogenated alkanes) is 3. The minimum Gasteiger partial charge on any atom is -0.323 e. The Hall–Kier alpha value is -1.22. The first-order valence-electron chi connectivity index (χ1n) is 5.47. The van der Waals surface area contributed by atoms with Crippen molar-refractivity contribution in [3.05, 3.63) is 36.9 Å². The molecule has 2 N–H and O–H groups in total. The summed E-state index contributed by atoms with van der Waals surface area (Å²) in [5.41, 5.74) is 6.94. The van der Waals surface area contributed by atoms with Gasteiger partial charge in [-0.25, -0.2) is 9.97 Å². The van der Waals surface area contributed by atoms with E-state index in [4.69, 9.17) is 5.73 Å². The van der Waals surface area contributed by atoms with Crippen LogP contribution in [0.25, 0.3) is 0 Å². The van der Waals surface area contributed by atoms with Gasteiger partial charge in [0.2, 0.25) is 0 Å². The fraction of sp³-hybridized carbons (Fsp3) is 0.500. The highest BCUT2D eigenvalue weighted by molar-refractivity contribution is 5.03. The van der Waals surface area contributed by atoms with Crippen LogP contribution in [0.2, 0.25) is 0 Å². The molecular formula is C12H19N3. The molecule has 0 radical (unpaired) electrons. The highest BCUT2D eigenvalue weighted by Crippen LogP contribution is 2.14. The molecule has 1 aromatic heterocycles. The van der Waals surface area contributed by atoms with E-state index in [0.29, 0.717) is 0 Å². The topological polar surface area (TPSA) is 51.8 Å². The van der Waals surface area contributed by atoms with Gasteiger partial charge in [-0.1, -0.05) is 18.9 Å². The SMILES string of the molecule is C=CCCCCCC(N)c1ccncn1. The van der Waals surface area contributed by atoms with Crippen LogP contribution in [0.3, 0.4) is 0 Å². The molecule has 0 fully saturated rings. The lowest BCUT2D eigenvalue weighted by Gasteiger charge is -2.09. The van der Waals surface area contributed by atoms with Gasteiger partial charge >= 0.3 is 0 Å². The number of aromatic nitrogens is 2. The van der Waals surface area contributed by atoms with Gasteiger partial charge in [0.15, 0.2) is 0 Å². The second-order valence-corrected chi connectivity index (χ2v) is 3.67. The predicted octanol–water partition coefficient (Wildman–Crippen LogP) is 2.61. The van der Waals surface area contributed by atoms with Crippen LogP contribution in [0.4, 0.5) is 0 Å². The molecule has 0 aromatic carbocycles. The molecule has 0 saturated carbocycles. The van der Waals surface area contributed by atoms with E-state index in [2.05, 4.69) is 16.5 Å². The summed E-state index contributed by atoms with van der Waals surface area (Å²) in [4.78, 5) is 8.01. The van der Waals surface area contributed by atoms with Crippen molar-refractivity contribution in [3.63, 3.8) is 0 Å². The number of nitrogens with two attached hydrogens (primary N) is 1. The van der Waals surface area contributed by atoms with E-state index in [-0.39, 0.29) is 6.04 Å². The molecule has 15 heavy (non-hydrogen) atoms. The molecule has 1 rings (SSSR count). The molecule has 0 spiro atoms. The minimum atomic E-state index is 0.0525. The Labute approximate surface area is 91.4 Å².